The van der Waals surface area contributed by atoms with E-state index in [1.165, 1.54) is 0 Å². The summed E-state index contributed by atoms with van der Waals surface area (Å²) in [6, 6.07) is 13.7. The van der Waals surface area contributed by atoms with Gasteiger partial charge in [-0.3, -0.25) is 4.79 Å². The number of carbonyl (C=O) groups is 2. The Morgan fingerprint density at radius 3 is 2.61 bits per heavy atom. The van der Waals surface area contributed by atoms with E-state index >= 15 is 0 Å². The number of rotatable bonds is 4. The summed E-state index contributed by atoms with van der Waals surface area (Å²) in [7, 11) is 0. The number of phenolic OH excluding ortho intramolecular Hbond substituents is 1. The van der Waals surface area contributed by atoms with Crippen LogP contribution in [0.5, 0.6) is 5.75 Å². The molecule has 0 spiro atoms. The standard InChI is InChI=1S/C25H26ClN3O4/c1-3-12-33-25(32)28-10-11-29(16(2)15-28)24(31)18-6-9-20-21(26)14-22(27-23(20)13-18)17-4-7-19(30)8-5-17/h4-9,13-14,16,30H,3,10-12,15H2,1-2H3/t16-/m0/s1. The number of ether oxygens (including phenoxy) is 1. The Kier molecular flexibility index (Phi) is 6.70. The molecule has 1 fully saturated rings. The molecule has 1 aliphatic heterocycles. The van der Waals surface area contributed by atoms with Gasteiger partial charge in [-0.05, 0) is 55.8 Å². The van der Waals surface area contributed by atoms with Crippen molar-refractivity contribution in [3.63, 3.8) is 0 Å². The lowest BCUT2D eigenvalue weighted by molar-refractivity contribution is 0.0414. The van der Waals surface area contributed by atoms with Gasteiger partial charge in [0.25, 0.3) is 5.91 Å². The van der Waals surface area contributed by atoms with Gasteiger partial charge in [-0.25, -0.2) is 9.78 Å². The summed E-state index contributed by atoms with van der Waals surface area (Å²) in [5, 5.41) is 10.8. The lowest BCUT2D eigenvalue weighted by atomic mass is 10.1. The van der Waals surface area contributed by atoms with Crippen LogP contribution in [0.2, 0.25) is 5.02 Å². The minimum atomic E-state index is -0.331. The fraction of sp³-hybridized carbons (Fsp3) is 0.320. The topological polar surface area (TPSA) is 83.0 Å². The maximum absolute atomic E-state index is 13.3. The maximum Gasteiger partial charge on any atom is 0.409 e. The molecule has 1 saturated heterocycles. The van der Waals surface area contributed by atoms with Crippen LogP contribution in [-0.2, 0) is 4.74 Å². The molecule has 2 heterocycles. The number of benzene rings is 2. The normalized spacial score (nSPS) is 16.2. The second kappa shape index (κ2) is 9.67. The highest BCUT2D eigenvalue weighted by Gasteiger charge is 2.31. The van der Waals surface area contributed by atoms with Crippen molar-refractivity contribution in [1.82, 2.24) is 14.8 Å². The van der Waals surface area contributed by atoms with Crippen molar-refractivity contribution in [2.24, 2.45) is 0 Å². The minimum Gasteiger partial charge on any atom is -0.508 e. The summed E-state index contributed by atoms with van der Waals surface area (Å²) in [4.78, 5) is 33.6. The first-order valence-electron chi connectivity index (χ1n) is 11.0. The number of nitrogens with zero attached hydrogens (tertiary/aromatic N) is 3. The molecule has 1 aliphatic rings. The molecule has 0 aliphatic carbocycles. The van der Waals surface area contributed by atoms with E-state index in [9.17, 15) is 14.7 Å². The van der Waals surface area contributed by atoms with Crippen LogP contribution >= 0.6 is 11.6 Å². The predicted octanol–water partition coefficient (Wildman–Crippen LogP) is 4.95. The molecule has 33 heavy (non-hydrogen) atoms. The van der Waals surface area contributed by atoms with Crippen LogP contribution < -0.4 is 0 Å². The fourth-order valence-corrected chi connectivity index (χ4v) is 4.23. The Labute approximate surface area is 197 Å². The van der Waals surface area contributed by atoms with E-state index in [4.69, 9.17) is 21.3 Å². The molecule has 4 rings (SSSR count). The number of amides is 2. The molecule has 8 heteroatoms. The summed E-state index contributed by atoms with van der Waals surface area (Å²) in [5.41, 5.74) is 2.60. The molecule has 1 aromatic heterocycles. The number of piperazine rings is 1. The van der Waals surface area contributed by atoms with E-state index in [0.29, 0.717) is 48.0 Å². The van der Waals surface area contributed by atoms with Gasteiger partial charge in [0.15, 0.2) is 0 Å². The average molecular weight is 468 g/mol. The van der Waals surface area contributed by atoms with Gasteiger partial charge in [-0.15, -0.1) is 0 Å². The van der Waals surface area contributed by atoms with Crippen LogP contribution in [0.4, 0.5) is 4.79 Å². The summed E-state index contributed by atoms with van der Waals surface area (Å²) in [6.45, 7) is 5.56. The molecule has 0 saturated carbocycles. The van der Waals surface area contributed by atoms with Gasteiger partial charge in [0.2, 0.25) is 0 Å². The van der Waals surface area contributed by atoms with Gasteiger partial charge >= 0.3 is 6.09 Å². The van der Waals surface area contributed by atoms with E-state index in [2.05, 4.69) is 0 Å². The molecule has 3 aromatic rings. The monoisotopic (exact) mass is 467 g/mol. The first-order valence-corrected chi connectivity index (χ1v) is 11.4. The summed E-state index contributed by atoms with van der Waals surface area (Å²) in [6.07, 6.45) is 0.441. The Balaban J connectivity index is 1.56. The second-order valence-corrected chi connectivity index (χ2v) is 8.58. The molecule has 0 bridgehead atoms. The van der Waals surface area contributed by atoms with Gasteiger partial charge in [0, 0.05) is 42.2 Å². The summed E-state index contributed by atoms with van der Waals surface area (Å²) >= 11 is 6.49. The zero-order valence-corrected chi connectivity index (χ0v) is 19.4. The predicted molar refractivity (Wildman–Crippen MR) is 128 cm³/mol. The third kappa shape index (κ3) is 4.88. The number of hydrogen-bond donors (Lipinski definition) is 1. The molecule has 2 amide bonds. The number of aromatic hydroxyl groups is 1. The largest absolute Gasteiger partial charge is 0.508 e. The SMILES string of the molecule is CCCOC(=O)N1CCN(C(=O)c2ccc3c(Cl)cc(-c4ccc(O)cc4)nc3c2)[C@@H](C)C1. The van der Waals surface area contributed by atoms with Crippen LogP contribution in [0.3, 0.4) is 0 Å². The van der Waals surface area contributed by atoms with Crippen molar-refractivity contribution in [2.75, 3.05) is 26.2 Å². The van der Waals surface area contributed by atoms with Crippen molar-refractivity contribution in [3.8, 4) is 17.0 Å². The second-order valence-electron chi connectivity index (χ2n) is 8.18. The Hall–Kier alpha value is -3.32. The molecule has 0 radical (unpaired) electrons. The number of hydrogen-bond acceptors (Lipinski definition) is 5. The van der Waals surface area contributed by atoms with Crippen molar-refractivity contribution < 1.29 is 19.4 Å². The van der Waals surface area contributed by atoms with Crippen LogP contribution in [0, 0.1) is 0 Å². The molecule has 0 unspecified atom stereocenters. The number of carbonyl (C=O) groups excluding carboxylic acids is 2. The smallest absolute Gasteiger partial charge is 0.409 e. The molecule has 172 valence electrons. The first-order chi connectivity index (χ1) is 15.9. The lowest BCUT2D eigenvalue weighted by Crippen LogP contribution is -2.55. The first kappa shape index (κ1) is 22.9. The van der Waals surface area contributed by atoms with Gasteiger partial charge in [-0.2, -0.15) is 0 Å². The van der Waals surface area contributed by atoms with Crippen molar-refractivity contribution >= 4 is 34.5 Å². The maximum atomic E-state index is 13.3. The summed E-state index contributed by atoms with van der Waals surface area (Å²) in [5.74, 6) is 0.0605. The number of fused-ring (bicyclic) bond motifs is 1. The van der Waals surface area contributed by atoms with Crippen LogP contribution in [0.25, 0.3) is 22.2 Å². The van der Waals surface area contributed by atoms with Crippen molar-refractivity contribution in [1.29, 1.82) is 0 Å². The van der Waals surface area contributed by atoms with Gasteiger partial charge in [0.1, 0.15) is 5.75 Å². The van der Waals surface area contributed by atoms with Gasteiger partial charge < -0.3 is 19.6 Å². The number of pyridine rings is 1. The van der Waals surface area contributed by atoms with E-state index in [1.54, 1.807) is 52.3 Å². The number of halogens is 1. The van der Waals surface area contributed by atoms with Gasteiger partial charge in [-0.1, -0.05) is 24.6 Å². The molecular weight excluding hydrogens is 442 g/mol. The third-order valence-corrected chi connectivity index (χ3v) is 6.06. The van der Waals surface area contributed by atoms with Crippen LogP contribution in [-0.4, -0.2) is 64.2 Å². The van der Waals surface area contributed by atoms with E-state index in [1.807, 2.05) is 19.9 Å². The molecule has 7 nitrogen and oxygen atoms in total. The zero-order chi connectivity index (χ0) is 23.5. The van der Waals surface area contributed by atoms with Crippen molar-refractivity contribution in [2.45, 2.75) is 26.3 Å². The Morgan fingerprint density at radius 2 is 1.91 bits per heavy atom. The fourth-order valence-electron chi connectivity index (χ4n) is 3.97. The highest BCUT2D eigenvalue weighted by Crippen LogP contribution is 2.30. The zero-order valence-electron chi connectivity index (χ0n) is 18.6. The van der Waals surface area contributed by atoms with E-state index < -0.39 is 0 Å². The average Bonchev–Trinajstić information content (AvgIpc) is 2.82. The minimum absolute atomic E-state index is 0.112. The highest BCUT2D eigenvalue weighted by atomic mass is 35.5. The molecular formula is C25H26ClN3O4. The number of aromatic nitrogens is 1. The number of phenols is 1. The van der Waals surface area contributed by atoms with E-state index in [-0.39, 0.29) is 23.8 Å². The highest BCUT2D eigenvalue weighted by molar-refractivity contribution is 6.35. The lowest BCUT2D eigenvalue weighted by Gasteiger charge is -2.39. The molecule has 1 atom stereocenters. The van der Waals surface area contributed by atoms with Crippen LogP contribution in [0.1, 0.15) is 30.6 Å². The summed E-state index contributed by atoms with van der Waals surface area (Å²) < 4.78 is 5.22. The van der Waals surface area contributed by atoms with E-state index in [0.717, 1.165) is 17.4 Å². The Morgan fingerprint density at radius 1 is 1.15 bits per heavy atom. The third-order valence-electron chi connectivity index (χ3n) is 5.75. The molecule has 1 N–H and O–H groups in total. The Bertz CT molecular complexity index is 1180. The quantitative estimate of drug-likeness (QED) is 0.586. The van der Waals surface area contributed by atoms with Crippen LogP contribution in [0.15, 0.2) is 48.5 Å². The molecule has 2 aromatic carbocycles. The van der Waals surface area contributed by atoms with Crippen molar-refractivity contribution in [3.05, 3.63) is 59.1 Å². The van der Waals surface area contributed by atoms with Gasteiger partial charge in [0.05, 0.1) is 22.8 Å².